The molecule has 4 heterocycles. The number of morpholine rings is 1. The first-order valence-corrected chi connectivity index (χ1v) is 7.12. The first kappa shape index (κ1) is 12.4. The van der Waals surface area contributed by atoms with E-state index in [1.165, 1.54) is 12.8 Å². The smallest absolute Gasteiger partial charge is 0.236 e. The highest BCUT2D eigenvalue weighted by Crippen LogP contribution is 2.21. The lowest BCUT2D eigenvalue weighted by Crippen LogP contribution is -2.46. The van der Waals surface area contributed by atoms with Gasteiger partial charge in [-0.2, -0.15) is 0 Å². The van der Waals surface area contributed by atoms with Gasteiger partial charge in [-0.25, -0.2) is 0 Å². The summed E-state index contributed by atoms with van der Waals surface area (Å²) in [5.74, 6) is 0.967. The predicted octanol–water partition coefficient (Wildman–Crippen LogP) is -0.471. The van der Waals surface area contributed by atoms with Gasteiger partial charge in [0.15, 0.2) is 0 Å². The fourth-order valence-corrected chi connectivity index (χ4v) is 3.19. The fraction of sp³-hybridized carbons (Fsp3) is 0.923. The summed E-state index contributed by atoms with van der Waals surface area (Å²) < 4.78 is 5.31. The van der Waals surface area contributed by atoms with Gasteiger partial charge in [-0.1, -0.05) is 0 Å². The number of nitrogens with zero attached hydrogens (tertiary/aromatic N) is 2. The second-order valence-electron chi connectivity index (χ2n) is 5.74. The molecule has 5 nitrogen and oxygen atoms in total. The van der Waals surface area contributed by atoms with Crippen LogP contribution in [0.1, 0.15) is 12.8 Å². The second-order valence-corrected chi connectivity index (χ2v) is 5.74. The van der Waals surface area contributed by atoms with Crippen molar-refractivity contribution in [1.82, 2.24) is 15.1 Å². The number of ether oxygens (including phenoxy) is 1. The van der Waals surface area contributed by atoms with Gasteiger partial charge in [-0.15, -0.1) is 0 Å². The summed E-state index contributed by atoms with van der Waals surface area (Å²) in [5, 5.41) is 3.54. The third-order valence-corrected chi connectivity index (χ3v) is 4.35. The average molecular weight is 253 g/mol. The lowest BCUT2D eigenvalue weighted by Gasteiger charge is -2.29. The van der Waals surface area contributed by atoms with Crippen LogP contribution in [0.5, 0.6) is 0 Å². The van der Waals surface area contributed by atoms with E-state index in [1.807, 2.05) is 0 Å². The van der Waals surface area contributed by atoms with Crippen LogP contribution in [0.15, 0.2) is 0 Å². The van der Waals surface area contributed by atoms with E-state index in [4.69, 9.17) is 4.74 Å². The van der Waals surface area contributed by atoms with E-state index in [-0.39, 0.29) is 0 Å². The van der Waals surface area contributed by atoms with Crippen LogP contribution in [0, 0.1) is 5.92 Å². The molecule has 4 saturated heterocycles. The zero-order valence-electron chi connectivity index (χ0n) is 10.9. The normalized spacial score (nSPS) is 33.4. The van der Waals surface area contributed by atoms with E-state index < -0.39 is 0 Å². The molecule has 0 aromatic carbocycles. The first-order valence-electron chi connectivity index (χ1n) is 7.12. The Morgan fingerprint density at radius 2 is 2.06 bits per heavy atom. The van der Waals surface area contributed by atoms with Crippen molar-refractivity contribution in [3.05, 3.63) is 0 Å². The van der Waals surface area contributed by atoms with E-state index in [9.17, 15) is 4.79 Å². The topological polar surface area (TPSA) is 44.8 Å². The maximum absolute atomic E-state index is 12.4. The van der Waals surface area contributed by atoms with E-state index in [2.05, 4.69) is 15.1 Å². The molecule has 2 atom stereocenters. The van der Waals surface area contributed by atoms with Gasteiger partial charge in [0.1, 0.15) is 0 Å². The predicted molar refractivity (Wildman–Crippen MR) is 68.4 cm³/mol. The number of carbonyl (C=O) groups is 1. The van der Waals surface area contributed by atoms with Crippen LogP contribution in [-0.4, -0.2) is 74.2 Å². The Hall–Kier alpha value is -0.650. The Labute approximate surface area is 108 Å². The molecule has 4 fully saturated rings. The largest absolute Gasteiger partial charge is 0.379 e. The third-order valence-electron chi connectivity index (χ3n) is 4.35. The highest BCUT2D eigenvalue weighted by Gasteiger charge is 2.31. The van der Waals surface area contributed by atoms with Crippen molar-refractivity contribution in [3.63, 3.8) is 0 Å². The van der Waals surface area contributed by atoms with E-state index in [0.717, 1.165) is 45.9 Å². The van der Waals surface area contributed by atoms with Gasteiger partial charge in [0.05, 0.1) is 19.8 Å². The quantitative estimate of drug-likeness (QED) is 0.722. The molecule has 0 saturated carbocycles. The Morgan fingerprint density at radius 3 is 2.78 bits per heavy atom. The van der Waals surface area contributed by atoms with Crippen LogP contribution < -0.4 is 5.32 Å². The van der Waals surface area contributed by atoms with E-state index in [0.29, 0.717) is 24.4 Å². The fourth-order valence-electron chi connectivity index (χ4n) is 3.19. The highest BCUT2D eigenvalue weighted by atomic mass is 16.5. The molecule has 102 valence electrons. The lowest BCUT2D eigenvalue weighted by molar-refractivity contribution is -0.133. The van der Waals surface area contributed by atoms with Crippen molar-refractivity contribution in [3.8, 4) is 0 Å². The summed E-state index contributed by atoms with van der Waals surface area (Å²) in [4.78, 5) is 16.6. The van der Waals surface area contributed by atoms with Gasteiger partial charge in [-0.05, 0) is 25.3 Å². The van der Waals surface area contributed by atoms with Gasteiger partial charge in [0.25, 0.3) is 0 Å². The average Bonchev–Trinajstić information content (AvgIpc) is 2.73. The van der Waals surface area contributed by atoms with Crippen molar-refractivity contribution in [2.75, 3.05) is 52.5 Å². The van der Waals surface area contributed by atoms with Crippen molar-refractivity contribution in [2.45, 2.75) is 18.9 Å². The molecular weight excluding hydrogens is 230 g/mol. The molecule has 5 heteroatoms. The molecule has 0 aromatic heterocycles. The molecule has 0 radical (unpaired) electrons. The molecule has 1 N–H and O–H groups in total. The van der Waals surface area contributed by atoms with Gasteiger partial charge >= 0.3 is 0 Å². The summed E-state index contributed by atoms with van der Waals surface area (Å²) in [6, 6.07) is 0.525. The monoisotopic (exact) mass is 253 g/mol. The number of amides is 1. The van der Waals surface area contributed by atoms with Gasteiger partial charge < -0.3 is 15.0 Å². The van der Waals surface area contributed by atoms with Crippen LogP contribution in [0.3, 0.4) is 0 Å². The molecule has 4 aliphatic rings. The Bertz CT molecular complexity index is 283. The molecule has 0 aromatic rings. The van der Waals surface area contributed by atoms with Crippen LogP contribution >= 0.6 is 0 Å². The number of piperidine rings is 1. The molecule has 0 unspecified atom stereocenters. The molecular formula is C13H23N3O2. The number of carbonyl (C=O) groups excluding carboxylic acids is 1. The Balaban J connectivity index is 1.55. The van der Waals surface area contributed by atoms with E-state index >= 15 is 0 Å². The highest BCUT2D eigenvalue weighted by molar-refractivity contribution is 5.78. The minimum atomic E-state index is 0.303. The molecule has 0 aliphatic carbocycles. The SMILES string of the molecule is O=C(CN1CCOCC1)N1C[C@H]2CC[C@@H](C1)NC2. The number of fused-ring (bicyclic) bond motifs is 4. The number of rotatable bonds is 2. The van der Waals surface area contributed by atoms with Crippen LogP contribution in [0.4, 0.5) is 0 Å². The van der Waals surface area contributed by atoms with Crippen LogP contribution in [-0.2, 0) is 9.53 Å². The zero-order valence-corrected chi connectivity index (χ0v) is 10.9. The number of hydrogen-bond acceptors (Lipinski definition) is 4. The van der Waals surface area contributed by atoms with Crippen LogP contribution in [0.25, 0.3) is 0 Å². The standard InChI is InChI=1S/C13H23N3O2/c17-13(10-15-3-5-18-6-4-15)16-8-11-1-2-12(9-16)14-7-11/h11-12,14H,1-10H2/t11-,12-/m0/s1. The molecule has 1 amide bonds. The van der Waals surface area contributed by atoms with Crippen molar-refractivity contribution in [1.29, 1.82) is 0 Å². The molecule has 0 spiro atoms. The van der Waals surface area contributed by atoms with Gasteiger partial charge in [0, 0.05) is 32.2 Å². The van der Waals surface area contributed by atoms with Gasteiger partial charge in [-0.3, -0.25) is 9.69 Å². The molecule has 18 heavy (non-hydrogen) atoms. The van der Waals surface area contributed by atoms with Gasteiger partial charge in [0.2, 0.25) is 5.91 Å². The number of nitrogens with one attached hydrogen (secondary N) is 1. The summed E-state index contributed by atoms with van der Waals surface area (Å²) in [6.45, 7) is 6.83. The maximum Gasteiger partial charge on any atom is 0.236 e. The second kappa shape index (κ2) is 5.55. The van der Waals surface area contributed by atoms with E-state index in [1.54, 1.807) is 0 Å². The Morgan fingerprint density at radius 1 is 1.22 bits per heavy atom. The summed E-state index contributed by atoms with van der Waals surface area (Å²) >= 11 is 0. The van der Waals surface area contributed by atoms with Crippen molar-refractivity contribution >= 4 is 5.91 Å². The minimum absolute atomic E-state index is 0.303. The summed E-state index contributed by atoms with van der Waals surface area (Å²) in [6.07, 6.45) is 2.50. The van der Waals surface area contributed by atoms with Crippen molar-refractivity contribution < 1.29 is 9.53 Å². The Kier molecular flexibility index (Phi) is 3.82. The zero-order chi connectivity index (χ0) is 12.4. The molecule has 4 rings (SSSR count). The summed E-state index contributed by atoms with van der Waals surface area (Å²) in [7, 11) is 0. The first-order chi connectivity index (χ1) is 8.81. The summed E-state index contributed by atoms with van der Waals surface area (Å²) in [5.41, 5.74) is 0. The minimum Gasteiger partial charge on any atom is -0.379 e. The molecule has 2 bridgehead atoms. The number of hydrogen-bond donors (Lipinski definition) is 1. The third kappa shape index (κ3) is 2.84. The maximum atomic E-state index is 12.4. The van der Waals surface area contributed by atoms with Crippen molar-refractivity contribution in [2.24, 2.45) is 5.92 Å². The van der Waals surface area contributed by atoms with Crippen LogP contribution in [0.2, 0.25) is 0 Å². The molecule has 4 aliphatic heterocycles. The lowest BCUT2D eigenvalue weighted by atomic mass is 9.97.